The normalized spacial score (nSPS) is 15.4. The molecule has 124 valence electrons. The molecule has 3 rings (SSSR count). The minimum atomic E-state index is -0.922. The summed E-state index contributed by atoms with van der Waals surface area (Å²) in [6.07, 6.45) is 2.18. The first-order valence-corrected chi connectivity index (χ1v) is 7.88. The monoisotopic (exact) mass is 327 g/mol. The van der Waals surface area contributed by atoms with Crippen LogP contribution >= 0.6 is 0 Å². The largest absolute Gasteiger partial charge is 0.481 e. The van der Waals surface area contributed by atoms with Crippen molar-refractivity contribution in [2.24, 2.45) is 0 Å². The summed E-state index contributed by atoms with van der Waals surface area (Å²) in [5.41, 5.74) is 1.16. The molecule has 0 bridgehead atoms. The molecule has 0 saturated heterocycles. The van der Waals surface area contributed by atoms with Crippen molar-refractivity contribution in [1.29, 1.82) is 0 Å². The number of nitrogens with one attached hydrogen (secondary N) is 1. The van der Waals surface area contributed by atoms with Gasteiger partial charge in [-0.1, -0.05) is 30.7 Å². The Morgan fingerprint density at radius 1 is 1.12 bits per heavy atom. The van der Waals surface area contributed by atoms with Crippen molar-refractivity contribution in [1.82, 2.24) is 0 Å². The maximum Gasteiger partial charge on any atom is 0.307 e. The summed E-state index contributed by atoms with van der Waals surface area (Å²) in [6.45, 7) is 0. The molecule has 1 fully saturated rings. The summed E-state index contributed by atoms with van der Waals surface area (Å²) in [7, 11) is 0. The molecule has 2 aromatic rings. The molecule has 2 aromatic carbocycles. The molecule has 1 saturated carbocycles. The van der Waals surface area contributed by atoms with E-state index in [0.29, 0.717) is 29.7 Å². The van der Waals surface area contributed by atoms with Crippen LogP contribution in [0.1, 0.15) is 30.4 Å². The second-order valence-corrected chi connectivity index (χ2v) is 6.17. The molecule has 1 amide bonds. The Morgan fingerprint density at radius 2 is 1.88 bits per heavy atom. The SMILES string of the molecule is O=C(O)Cc1cccc(NC(=O)C2(c3cccc(F)c3)CCC2)c1. The van der Waals surface area contributed by atoms with E-state index >= 15 is 0 Å². The van der Waals surface area contributed by atoms with Crippen LogP contribution in [-0.4, -0.2) is 17.0 Å². The second kappa shape index (κ2) is 6.43. The lowest BCUT2D eigenvalue weighted by Crippen LogP contribution is -2.46. The fourth-order valence-corrected chi connectivity index (χ4v) is 3.15. The summed E-state index contributed by atoms with van der Waals surface area (Å²) in [5.74, 6) is -1.45. The molecule has 1 aliphatic carbocycles. The molecule has 0 aromatic heterocycles. The summed E-state index contributed by atoms with van der Waals surface area (Å²) in [4.78, 5) is 23.6. The average molecular weight is 327 g/mol. The van der Waals surface area contributed by atoms with Gasteiger partial charge in [-0.2, -0.15) is 0 Å². The topological polar surface area (TPSA) is 66.4 Å². The molecule has 0 heterocycles. The van der Waals surface area contributed by atoms with E-state index < -0.39 is 11.4 Å². The molecule has 0 unspecified atom stereocenters. The Labute approximate surface area is 139 Å². The van der Waals surface area contributed by atoms with Crippen LogP contribution in [-0.2, 0) is 21.4 Å². The molecular formula is C19H18FNO3. The van der Waals surface area contributed by atoms with Crippen molar-refractivity contribution >= 4 is 17.6 Å². The molecular weight excluding hydrogens is 309 g/mol. The molecule has 1 aliphatic rings. The third-order valence-corrected chi connectivity index (χ3v) is 4.56. The Morgan fingerprint density at radius 3 is 2.50 bits per heavy atom. The summed E-state index contributed by atoms with van der Waals surface area (Å²) in [6, 6.07) is 13.0. The number of carbonyl (C=O) groups excluding carboxylic acids is 1. The fourth-order valence-electron chi connectivity index (χ4n) is 3.15. The van der Waals surface area contributed by atoms with Crippen LogP contribution in [0.3, 0.4) is 0 Å². The van der Waals surface area contributed by atoms with Crippen LogP contribution in [0.25, 0.3) is 0 Å². The minimum Gasteiger partial charge on any atom is -0.481 e. The Balaban J connectivity index is 1.82. The number of carbonyl (C=O) groups is 2. The van der Waals surface area contributed by atoms with Crippen molar-refractivity contribution in [3.8, 4) is 0 Å². The van der Waals surface area contributed by atoms with Gasteiger partial charge in [0.25, 0.3) is 0 Å². The van der Waals surface area contributed by atoms with Gasteiger partial charge in [-0.15, -0.1) is 0 Å². The van der Waals surface area contributed by atoms with E-state index in [9.17, 15) is 14.0 Å². The predicted octanol–water partition coefficient (Wildman–Crippen LogP) is 3.51. The maximum atomic E-state index is 13.5. The van der Waals surface area contributed by atoms with E-state index in [1.807, 2.05) is 0 Å². The van der Waals surface area contributed by atoms with Crippen molar-refractivity contribution in [2.45, 2.75) is 31.1 Å². The molecule has 5 heteroatoms. The zero-order valence-electron chi connectivity index (χ0n) is 13.1. The van der Waals surface area contributed by atoms with Gasteiger partial charge in [0, 0.05) is 5.69 Å². The maximum absolute atomic E-state index is 13.5. The third kappa shape index (κ3) is 3.15. The van der Waals surface area contributed by atoms with Crippen LogP contribution in [0.15, 0.2) is 48.5 Å². The Kier molecular flexibility index (Phi) is 4.34. The molecule has 0 radical (unpaired) electrons. The highest BCUT2D eigenvalue weighted by atomic mass is 19.1. The Bertz CT molecular complexity index is 784. The first kappa shape index (κ1) is 16.2. The molecule has 0 aliphatic heterocycles. The highest BCUT2D eigenvalue weighted by Crippen LogP contribution is 2.44. The molecule has 0 atom stereocenters. The van der Waals surface area contributed by atoms with E-state index in [0.717, 1.165) is 6.42 Å². The molecule has 24 heavy (non-hydrogen) atoms. The Hall–Kier alpha value is -2.69. The number of benzene rings is 2. The minimum absolute atomic E-state index is 0.0985. The van der Waals surface area contributed by atoms with Gasteiger partial charge in [-0.3, -0.25) is 9.59 Å². The van der Waals surface area contributed by atoms with Gasteiger partial charge >= 0.3 is 5.97 Å². The highest BCUT2D eigenvalue weighted by Gasteiger charge is 2.45. The van der Waals surface area contributed by atoms with Crippen LogP contribution in [0, 0.1) is 5.82 Å². The van der Waals surface area contributed by atoms with E-state index in [1.54, 1.807) is 36.4 Å². The number of hydrogen-bond donors (Lipinski definition) is 2. The van der Waals surface area contributed by atoms with Gasteiger partial charge < -0.3 is 10.4 Å². The number of anilines is 1. The first-order chi connectivity index (χ1) is 11.5. The number of rotatable bonds is 5. The molecule has 0 spiro atoms. The quantitative estimate of drug-likeness (QED) is 0.883. The van der Waals surface area contributed by atoms with E-state index in [1.165, 1.54) is 12.1 Å². The average Bonchev–Trinajstić information content (AvgIpc) is 2.45. The summed E-state index contributed by atoms with van der Waals surface area (Å²) < 4.78 is 13.5. The number of halogens is 1. The van der Waals surface area contributed by atoms with Crippen LogP contribution in [0.2, 0.25) is 0 Å². The number of hydrogen-bond acceptors (Lipinski definition) is 2. The van der Waals surface area contributed by atoms with Crippen molar-refractivity contribution in [3.05, 3.63) is 65.5 Å². The molecule has 4 nitrogen and oxygen atoms in total. The first-order valence-electron chi connectivity index (χ1n) is 7.88. The number of carboxylic acids is 1. The second-order valence-electron chi connectivity index (χ2n) is 6.17. The molecule has 2 N–H and O–H groups in total. The van der Waals surface area contributed by atoms with Gasteiger partial charge in [0.2, 0.25) is 5.91 Å². The van der Waals surface area contributed by atoms with E-state index in [2.05, 4.69) is 5.32 Å². The summed E-state index contributed by atoms with van der Waals surface area (Å²) >= 11 is 0. The lowest BCUT2D eigenvalue weighted by molar-refractivity contribution is -0.136. The zero-order chi connectivity index (χ0) is 17.2. The lowest BCUT2D eigenvalue weighted by atomic mass is 9.63. The lowest BCUT2D eigenvalue weighted by Gasteiger charge is -2.40. The number of aliphatic carboxylic acids is 1. The number of amides is 1. The number of carboxylic acid groups (broad SMARTS) is 1. The highest BCUT2D eigenvalue weighted by molar-refractivity contribution is 6.00. The standard InChI is InChI=1S/C19H18FNO3/c20-15-6-2-5-14(12-15)19(8-3-9-19)18(24)21-16-7-1-4-13(10-16)11-17(22)23/h1-2,4-7,10,12H,3,8-9,11H2,(H,21,24)(H,22,23). The van der Waals surface area contributed by atoms with Crippen molar-refractivity contribution < 1.29 is 19.1 Å². The van der Waals surface area contributed by atoms with Gasteiger partial charge in [-0.25, -0.2) is 4.39 Å². The van der Waals surface area contributed by atoms with Gasteiger partial charge in [0.1, 0.15) is 5.82 Å². The summed E-state index contributed by atoms with van der Waals surface area (Å²) in [5, 5.41) is 11.7. The van der Waals surface area contributed by atoms with Crippen molar-refractivity contribution in [2.75, 3.05) is 5.32 Å². The smallest absolute Gasteiger partial charge is 0.307 e. The predicted molar refractivity (Wildman–Crippen MR) is 88.3 cm³/mol. The third-order valence-electron chi connectivity index (χ3n) is 4.56. The zero-order valence-corrected chi connectivity index (χ0v) is 13.1. The van der Waals surface area contributed by atoms with Crippen molar-refractivity contribution in [3.63, 3.8) is 0 Å². The van der Waals surface area contributed by atoms with Crippen LogP contribution in [0.5, 0.6) is 0 Å². The van der Waals surface area contributed by atoms with Gasteiger partial charge in [0.15, 0.2) is 0 Å². The van der Waals surface area contributed by atoms with Gasteiger partial charge in [0.05, 0.1) is 11.8 Å². The van der Waals surface area contributed by atoms with Crippen LogP contribution in [0.4, 0.5) is 10.1 Å². The van der Waals surface area contributed by atoms with Crippen LogP contribution < -0.4 is 5.32 Å². The fraction of sp³-hybridized carbons (Fsp3) is 0.263. The van der Waals surface area contributed by atoms with Gasteiger partial charge in [-0.05, 0) is 48.2 Å². The van der Waals surface area contributed by atoms with E-state index in [-0.39, 0.29) is 18.1 Å². The van der Waals surface area contributed by atoms with E-state index in [4.69, 9.17) is 5.11 Å².